The van der Waals surface area contributed by atoms with Gasteiger partial charge in [0.05, 0.1) is 19.8 Å². The Kier molecular flexibility index (Phi) is 6.35. The molecule has 0 aromatic heterocycles. The number of ether oxygens (including phenoxy) is 3. The third kappa shape index (κ3) is 5.68. The molecule has 6 nitrogen and oxygen atoms in total. The molecule has 136 valence electrons. The van der Waals surface area contributed by atoms with Crippen molar-refractivity contribution in [3.05, 3.63) is 71.8 Å². The summed E-state index contributed by atoms with van der Waals surface area (Å²) in [6.07, 6.45) is -0.838. The van der Waals surface area contributed by atoms with Gasteiger partial charge in [-0.2, -0.15) is 0 Å². The normalized spacial score (nSPS) is 16.5. The molecule has 0 aliphatic carbocycles. The second-order valence-electron chi connectivity index (χ2n) is 5.96. The lowest BCUT2D eigenvalue weighted by Crippen LogP contribution is -2.36. The molecule has 2 unspecified atom stereocenters. The highest BCUT2D eigenvalue weighted by atomic mass is 16.6. The Labute approximate surface area is 152 Å². The smallest absolute Gasteiger partial charge is 0.414 e. The number of epoxide rings is 1. The first-order valence-electron chi connectivity index (χ1n) is 8.52. The number of nitrogens with one attached hydrogen (secondary N) is 1. The van der Waals surface area contributed by atoms with Crippen LogP contribution in [0.5, 0.6) is 0 Å². The molecule has 3 rings (SSSR count). The van der Waals surface area contributed by atoms with Gasteiger partial charge in [0.15, 0.2) is 0 Å². The van der Waals surface area contributed by atoms with Crippen LogP contribution >= 0.6 is 0 Å². The predicted octanol–water partition coefficient (Wildman–Crippen LogP) is 2.93. The second-order valence-corrected chi connectivity index (χ2v) is 5.96. The second kappa shape index (κ2) is 9.12. The van der Waals surface area contributed by atoms with Crippen LogP contribution in [-0.2, 0) is 20.8 Å². The zero-order valence-electron chi connectivity index (χ0n) is 14.3. The molecular weight excluding hydrogens is 334 g/mol. The van der Waals surface area contributed by atoms with Crippen LogP contribution in [0.15, 0.2) is 60.7 Å². The summed E-state index contributed by atoms with van der Waals surface area (Å²) in [5.41, 5.74) is 1.48. The lowest BCUT2D eigenvalue weighted by Gasteiger charge is -2.16. The number of rotatable bonds is 8. The fraction of sp³-hybridized carbons (Fsp3) is 0.300. The summed E-state index contributed by atoms with van der Waals surface area (Å²) in [5.74, 6) is -0.494. The SMILES string of the molecule is O=C(NC(=O)c1ccccc1)OC(CCOCc1ccccc1)C1CO1. The van der Waals surface area contributed by atoms with Crippen molar-refractivity contribution in [2.24, 2.45) is 0 Å². The minimum absolute atomic E-state index is 0.132. The predicted molar refractivity (Wildman–Crippen MR) is 94.6 cm³/mol. The molecule has 6 heteroatoms. The van der Waals surface area contributed by atoms with E-state index in [1.54, 1.807) is 30.3 Å². The van der Waals surface area contributed by atoms with E-state index in [4.69, 9.17) is 14.2 Å². The largest absolute Gasteiger partial charge is 0.443 e. The van der Waals surface area contributed by atoms with Gasteiger partial charge in [0, 0.05) is 12.0 Å². The van der Waals surface area contributed by atoms with Crippen LogP contribution in [0.2, 0.25) is 0 Å². The van der Waals surface area contributed by atoms with E-state index in [-0.39, 0.29) is 6.10 Å². The topological polar surface area (TPSA) is 77.2 Å². The Balaban J connectivity index is 1.41. The van der Waals surface area contributed by atoms with E-state index in [9.17, 15) is 9.59 Å². The first-order valence-corrected chi connectivity index (χ1v) is 8.52. The van der Waals surface area contributed by atoms with Crippen molar-refractivity contribution in [2.75, 3.05) is 13.2 Å². The van der Waals surface area contributed by atoms with Gasteiger partial charge in [-0.25, -0.2) is 4.79 Å². The third-order valence-electron chi connectivity index (χ3n) is 3.94. The number of benzene rings is 2. The first kappa shape index (κ1) is 18.1. The van der Waals surface area contributed by atoms with Gasteiger partial charge in [-0.05, 0) is 17.7 Å². The number of amides is 2. The highest BCUT2D eigenvalue weighted by Crippen LogP contribution is 2.20. The third-order valence-corrected chi connectivity index (χ3v) is 3.94. The Morgan fingerprint density at radius 3 is 2.38 bits per heavy atom. The van der Waals surface area contributed by atoms with Crippen molar-refractivity contribution >= 4 is 12.0 Å². The standard InChI is InChI=1S/C20H21NO5/c22-19(16-9-5-2-6-10-16)21-20(23)26-17(18-14-25-18)11-12-24-13-15-7-3-1-4-8-15/h1-10,17-18H,11-14H2,(H,21,22,23). The fourth-order valence-electron chi connectivity index (χ4n) is 2.48. The number of carbonyl (C=O) groups excluding carboxylic acids is 2. The fourth-order valence-corrected chi connectivity index (χ4v) is 2.48. The first-order chi connectivity index (χ1) is 12.7. The molecule has 1 fully saturated rings. The molecule has 2 amide bonds. The Bertz CT molecular complexity index is 715. The van der Waals surface area contributed by atoms with Crippen molar-refractivity contribution in [3.8, 4) is 0 Å². The molecule has 26 heavy (non-hydrogen) atoms. The molecule has 2 aromatic rings. The monoisotopic (exact) mass is 355 g/mol. The molecule has 2 aromatic carbocycles. The van der Waals surface area contributed by atoms with Gasteiger partial charge in [-0.1, -0.05) is 48.5 Å². The zero-order valence-corrected chi connectivity index (χ0v) is 14.3. The minimum atomic E-state index is -0.776. The molecule has 0 spiro atoms. The maximum absolute atomic E-state index is 12.0. The van der Waals surface area contributed by atoms with Crippen LogP contribution in [0.3, 0.4) is 0 Å². The van der Waals surface area contributed by atoms with Gasteiger partial charge in [0.25, 0.3) is 5.91 Å². The Morgan fingerprint density at radius 1 is 1.08 bits per heavy atom. The van der Waals surface area contributed by atoms with E-state index >= 15 is 0 Å². The molecule has 1 aliphatic rings. The van der Waals surface area contributed by atoms with Gasteiger partial charge in [-0.3, -0.25) is 10.1 Å². The average Bonchev–Trinajstić information content (AvgIpc) is 3.51. The highest BCUT2D eigenvalue weighted by molar-refractivity contribution is 6.02. The molecule has 0 bridgehead atoms. The van der Waals surface area contributed by atoms with Crippen LogP contribution < -0.4 is 5.32 Å². The minimum Gasteiger partial charge on any atom is -0.443 e. The maximum atomic E-state index is 12.0. The Morgan fingerprint density at radius 2 is 1.73 bits per heavy atom. The lowest BCUT2D eigenvalue weighted by atomic mass is 10.2. The molecular formula is C20H21NO5. The summed E-state index contributed by atoms with van der Waals surface area (Å²) in [7, 11) is 0. The summed E-state index contributed by atoms with van der Waals surface area (Å²) in [6, 6.07) is 18.3. The number of imide groups is 1. The van der Waals surface area contributed by atoms with E-state index in [2.05, 4.69) is 5.32 Å². The Hall–Kier alpha value is -2.70. The number of carbonyl (C=O) groups is 2. The van der Waals surface area contributed by atoms with Gasteiger partial charge < -0.3 is 14.2 Å². The molecule has 1 saturated heterocycles. The summed E-state index contributed by atoms with van der Waals surface area (Å²) < 4.78 is 16.2. The molecule has 1 heterocycles. The van der Waals surface area contributed by atoms with Crippen LogP contribution in [-0.4, -0.2) is 37.4 Å². The average molecular weight is 355 g/mol. The highest BCUT2D eigenvalue weighted by Gasteiger charge is 2.35. The molecule has 2 atom stereocenters. The number of alkyl carbamates (subject to hydrolysis) is 1. The molecule has 0 radical (unpaired) electrons. The zero-order chi connectivity index (χ0) is 18.2. The van der Waals surface area contributed by atoms with E-state index < -0.39 is 18.1 Å². The molecule has 1 aliphatic heterocycles. The van der Waals surface area contributed by atoms with Gasteiger partial charge >= 0.3 is 6.09 Å². The summed E-state index contributed by atoms with van der Waals surface area (Å²) in [6.45, 7) is 1.47. The van der Waals surface area contributed by atoms with E-state index in [1.807, 2.05) is 30.3 Å². The summed E-state index contributed by atoms with van der Waals surface area (Å²) in [4.78, 5) is 23.9. The van der Waals surface area contributed by atoms with Crippen molar-refractivity contribution in [1.82, 2.24) is 5.32 Å². The van der Waals surface area contributed by atoms with Crippen LogP contribution in [0.1, 0.15) is 22.3 Å². The molecule has 1 N–H and O–H groups in total. The van der Waals surface area contributed by atoms with Gasteiger partial charge in [0.1, 0.15) is 12.2 Å². The van der Waals surface area contributed by atoms with Crippen LogP contribution in [0.25, 0.3) is 0 Å². The summed E-state index contributed by atoms with van der Waals surface area (Å²) >= 11 is 0. The van der Waals surface area contributed by atoms with Crippen LogP contribution in [0.4, 0.5) is 4.79 Å². The van der Waals surface area contributed by atoms with Gasteiger partial charge in [-0.15, -0.1) is 0 Å². The molecule has 0 saturated carbocycles. The van der Waals surface area contributed by atoms with Crippen molar-refractivity contribution in [1.29, 1.82) is 0 Å². The van der Waals surface area contributed by atoms with E-state index in [1.165, 1.54) is 0 Å². The van der Waals surface area contributed by atoms with Gasteiger partial charge in [0.2, 0.25) is 0 Å². The van der Waals surface area contributed by atoms with Crippen molar-refractivity contribution in [2.45, 2.75) is 25.2 Å². The van der Waals surface area contributed by atoms with E-state index in [0.717, 1.165) is 5.56 Å². The lowest BCUT2D eigenvalue weighted by molar-refractivity contribution is 0.0400. The number of hydrogen-bond acceptors (Lipinski definition) is 5. The number of hydrogen-bond donors (Lipinski definition) is 1. The van der Waals surface area contributed by atoms with Crippen molar-refractivity contribution < 1.29 is 23.8 Å². The maximum Gasteiger partial charge on any atom is 0.414 e. The quantitative estimate of drug-likeness (QED) is 0.582. The summed E-state index contributed by atoms with van der Waals surface area (Å²) in [5, 5.41) is 2.23. The van der Waals surface area contributed by atoms with Crippen molar-refractivity contribution in [3.63, 3.8) is 0 Å². The van der Waals surface area contributed by atoms with Crippen LogP contribution in [0, 0.1) is 0 Å². The van der Waals surface area contributed by atoms with E-state index in [0.29, 0.717) is 31.8 Å².